The van der Waals surface area contributed by atoms with E-state index in [0.717, 1.165) is 5.56 Å². The molecule has 3 aromatic rings. The largest absolute Gasteiger partial charge is 0.455 e. The summed E-state index contributed by atoms with van der Waals surface area (Å²) in [4.78, 5) is 18.3. The van der Waals surface area contributed by atoms with Gasteiger partial charge in [0.15, 0.2) is 10.9 Å². The van der Waals surface area contributed by atoms with E-state index in [1.165, 1.54) is 23.0 Å². The van der Waals surface area contributed by atoms with E-state index < -0.39 is 0 Å². The van der Waals surface area contributed by atoms with Crippen LogP contribution >= 0.6 is 23.4 Å². The second-order valence-electron chi connectivity index (χ2n) is 5.30. The topological polar surface area (TPSA) is 75.0 Å². The molecule has 0 radical (unpaired) electrons. The molecule has 0 fully saturated rings. The molecule has 0 atom stereocenters. The number of benzene rings is 1. The van der Waals surface area contributed by atoms with Gasteiger partial charge >= 0.3 is 0 Å². The third-order valence-electron chi connectivity index (χ3n) is 3.50. The summed E-state index contributed by atoms with van der Waals surface area (Å²) in [7, 11) is 0. The van der Waals surface area contributed by atoms with E-state index >= 15 is 0 Å². The summed E-state index contributed by atoms with van der Waals surface area (Å²) in [6, 6.07) is 10.8. The summed E-state index contributed by atoms with van der Waals surface area (Å²) in [5.74, 6) is 3.65. The summed E-state index contributed by atoms with van der Waals surface area (Å²) in [5.41, 5.74) is 0.824. The zero-order valence-corrected chi connectivity index (χ0v) is 15.3. The van der Waals surface area contributed by atoms with Gasteiger partial charge in [-0.25, -0.2) is 4.98 Å². The highest BCUT2D eigenvalue weighted by molar-refractivity contribution is 7.98. The number of amides is 1. The van der Waals surface area contributed by atoms with Crippen molar-refractivity contribution < 1.29 is 9.21 Å². The molecule has 0 spiro atoms. The van der Waals surface area contributed by atoms with Crippen molar-refractivity contribution in [1.82, 2.24) is 20.1 Å². The van der Waals surface area contributed by atoms with E-state index in [4.69, 9.17) is 22.4 Å². The Balaban J connectivity index is 1.69. The Morgan fingerprint density at radius 3 is 2.92 bits per heavy atom. The van der Waals surface area contributed by atoms with Crippen LogP contribution in [-0.4, -0.2) is 32.5 Å². The lowest BCUT2D eigenvalue weighted by molar-refractivity contribution is 0.0732. The Bertz CT molecular complexity index is 917. The minimum Gasteiger partial charge on any atom is -0.455 e. The molecule has 2 heterocycles. The van der Waals surface area contributed by atoms with Gasteiger partial charge in [0.25, 0.3) is 5.91 Å². The van der Waals surface area contributed by atoms with Gasteiger partial charge in [-0.2, -0.15) is 5.10 Å². The molecule has 0 aliphatic rings. The fourth-order valence-electron chi connectivity index (χ4n) is 2.27. The van der Waals surface area contributed by atoms with Crippen molar-refractivity contribution in [3.05, 3.63) is 64.8 Å². The number of carbonyl (C=O) groups is 1. The molecule has 1 aromatic carbocycles. The normalized spacial score (nSPS) is 10.5. The number of carbonyl (C=O) groups excluding carboxylic acids is 1. The number of nitrogens with one attached hydrogen (secondary N) is 1. The number of furan rings is 1. The first-order valence-corrected chi connectivity index (χ1v) is 9.06. The van der Waals surface area contributed by atoms with Gasteiger partial charge in [0.05, 0.1) is 12.3 Å². The number of terminal acetylenes is 1. The van der Waals surface area contributed by atoms with Crippen LogP contribution in [-0.2, 0) is 12.3 Å². The van der Waals surface area contributed by atoms with Gasteiger partial charge in [-0.1, -0.05) is 47.5 Å². The Hall–Kier alpha value is -2.69. The van der Waals surface area contributed by atoms with Gasteiger partial charge in [-0.15, -0.1) is 6.42 Å². The van der Waals surface area contributed by atoms with Gasteiger partial charge in [0, 0.05) is 11.6 Å². The van der Waals surface area contributed by atoms with Crippen LogP contribution in [0, 0.1) is 12.3 Å². The molecule has 2 aromatic heterocycles. The molecule has 0 aliphatic heterocycles. The standard InChI is InChI=1S/C18H15ClN4O2S/c1-2-9-23(10-13-5-3-4-6-15(13)19)17(24)16-8-7-14(25-16)11-26-18-20-12-21-22-18/h1,3-8,12H,9-11H2,(H,20,21,22). The SMILES string of the molecule is C#CCN(Cc1ccccc1Cl)C(=O)c1ccc(CSc2ncn[nH]2)o1. The van der Waals surface area contributed by atoms with Gasteiger partial charge in [-0.3, -0.25) is 9.89 Å². The minimum absolute atomic E-state index is 0.160. The van der Waals surface area contributed by atoms with Gasteiger partial charge in [0.1, 0.15) is 12.1 Å². The minimum atomic E-state index is -0.279. The van der Waals surface area contributed by atoms with Crippen LogP contribution in [0.15, 0.2) is 52.3 Å². The lowest BCUT2D eigenvalue weighted by Gasteiger charge is -2.19. The Labute approximate surface area is 159 Å². The Morgan fingerprint density at radius 2 is 2.19 bits per heavy atom. The molecular weight excluding hydrogens is 372 g/mol. The Kier molecular flexibility index (Phi) is 6.00. The molecule has 3 rings (SSSR count). The summed E-state index contributed by atoms with van der Waals surface area (Å²) in [5, 5.41) is 7.81. The van der Waals surface area contributed by atoms with Crippen molar-refractivity contribution in [3.63, 3.8) is 0 Å². The molecular formula is C18H15ClN4O2S. The van der Waals surface area contributed by atoms with Gasteiger partial charge < -0.3 is 9.32 Å². The zero-order valence-electron chi connectivity index (χ0n) is 13.7. The van der Waals surface area contributed by atoms with E-state index in [9.17, 15) is 4.79 Å². The number of aromatic amines is 1. The van der Waals surface area contributed by atoms with Gasteiger partial charge in [0.2, 0.25) is 0 Å². The lowest BCUT2D eigenvalue weighted by Crippen LogP contribution is -2.30. The van der Waals surface area contributed by atoms with Crippen molar-refractivity contribution >= 4 is 29.3 Å². The highest BCUT2D eigenvalue weighted by Gasteiger charge is 2.20. The molecule has 132 valence electrons. The molecule has 0 unspecified atom stereocenters. The number of halogens is 1. The monoisotopic (exact) mass is 386 g/mol. The summed E-state index contributed by atoms with van der Waals surface area (Å²) in [6.45, 7) is 0.471. The first-order valence-electron chi connectivity index (χ1n) is 7.70. The van der Waals surface area contributed by atoms with Crippen molar-refractivity contribution in [2.45, 2.75) is 17.5 Å². The fraction of sp³-hybridized carbons (Fsp3) is 0.167. The molecule has 1 N–H and O–H groups in total. The quantitative estimate of drug-likeness (QED) is 0.496. The van der Waals surface area contributed by atoms with Crippen LogP contribution in [0.2, 0.25) is 5.02 Å². The predicted octanol–water partition coefficient (Wildman–Crippen LogP) is 3.62. The average Bonchev–Trinajstić information content (AvgIpc) is 3.32. The van der Waals surface area contributed by atoms with Crippen molar-refractivity contribution in [2.75, 3.05) is 6.54 Å². The summed E-state index contributed by atoms with van der Waals surface area (Å²) >= 11 is 7.61. The summed E-state index contributed by atoms with van der Waals surface area (Å²) < 4.78 is 5.66. The first-order chi connectivity index (χ1) is 12.7. The second-order valence-corrected chi connectivity index (χ2v) is 6.67. The number of aromatic nitrogens is 3. The highest BCUT2D eigenvalue weighted by atomic mass is 35.5. The number of rotatable bonds is 7. The van der Waals surface area contributed by atoms with E-state index in [1.807, 2.05) is 18.2 Å². The molecule has 8 heteroatoms. The Morgan fingerprint density at radius 1 is 1.35 bits per heavy atom. The maximum atomic E-state index is 12.8. The van der Waals surface area contributed by atoms with Crippen molar-refractivity contribution in [2.24, 2.45) is 0 Å². The molecule has 26 heavy (non-hydrogen) atoms. The maximum absolute atomic E-state index is 12.8. The van der Waals surface area contributed by atoms with E-state index in [1.54, 1.807) is 18.2 Å². The third-order valence-corrected chi connectivity index (χ3v) is 4.77. The number of hydrogen-bond acceptors (Lipinski definition) is 5. The highest BCUT2D eigenvalue weighted by Crippen LogP contribution is 2.22. The van der Waals surface area contributed by atoms with Crippen LogP contribution in [0.1, 0.15) is 21.9 Å². The number of thioether (sulfide) groups is 1. The number of H-pyrrole nitrogens is 1. The van der Waals surface area contributed by atoms with E-state index in [-0.39, 0.29) is 18.2 Å². The zero-order chi connectivity index (χ0) is 18.4. The van der Waals surface area contributed by atoms with Crippen LogP contribution in [0.25, 0.3) is 0 Å². The predicted molar refractivity (Wildman–Crippen MR) is 99.7 cm³/mol. The number of hydrogen-bond donors (Lipinski definition) is 1. The lowest BCUT2D eigenvalue weighted by atomic mass is 10.2. The van der Waals surface area contributed by atoms with Gasteiger partial charge in [-0.05, 0) is 23.8 Å². The fourth-order valence-corrected chi connectivity index (χ4v) is 3.14. The molecule has 0 aliphatic carbocycles. The third kappa shape index (κ3) is 4.48. The second kappa shape index (κ2) is 8.61. The number of nitrogens with zero attached hydrogens (tertiary/aromatic N) is 3. The first kappa shape index (κ1) is 18.1. The molecule has 0 saturated carbocycles. The average molecular weight is 387 g/mol. The molecule has 6 nitrogen and oxygen atoms in total. The van der Waals surface area contributed by atoms with Crippen LogP contribution in [0.4, 0.5) is 0 Å². The maximum Gasteiger partial charge on any atom is 0.290 e. The van der Waals surface area contributed by atoms with Crippen LogP contribution < -0.4 is 0 Å². The van der Waals surface area contributed by atoms with E-state index in [2.05, 4.69) is 21.1 Å². The molecule has 0 saturated heterocycles. The van der Waals surface area contributed by atoms with E-state index in [0.29, 0.717) is 28.2 Å². The van der Waals surface area contributed by atoms with Crippen molar-refractivity contribution in [1.29, 1.82) is 0 Å². The van der Waals surface area contributed by atoms with Crippen molar-refractivity contribution in [3.8, 4) is 12.3 Å². The smallest absolute Gasteiger partial charge is 0.290 e. The summed E-state index contributed by atoms with van der Waals surface area (Å²) in [6.07, 6.45) is 6.85. The van der Waals surface area contributed by atoms with Crippen LogP contribution in [0.5, 0.6) is 0 Å². The molecule has 0 bridgehead atoms. The van der Waals surface area contributed by atoms with Crippen LogP contribution in [0.3, 0.4) is 0 Å². The molecule has 1 amide bonds.